The second kappa shape index (κ2) is 9.80. The predicted octanol–water partition coefficient (Wildman–Crippen LogP) is 4.46. The smallest absolute Gasteiger partial charge is 0.256 e. The molecule has 2 atom stereocenters. The zero-order chi connectivity index (χ0) is 27.0. The highest BCUT2D eigenvalue weighted by molar-refractivity contribution is 6.00. The molecule has 6 rings (SSSR count). The first-order valence-electron chi connectivity index (χ1n) is 13.3. The Kier molecular flexibility index (Phi) is 6.29. The maximum absolute atomic E-state index is 13.5. The molecule has 0 radical (unpaired) electrons. The number of fused-ring (bicyclic) bond motifs is 2. The molecule has 0 aliphatic carbocycles. The van der Waals surface area contributed by atoms with E-state index in [1.54, 1.807) is 36.4 Å². The summed E-state index contributed by atoms with van der Waals surface area (Å²) in [7, 11) is 0. The number of nitrogens with zero attached hydrogens (tertiary/aromatic N) is 2. The fourth-order valence-electron chi connectivity index (χ4n) is 6.06. The van der Waals surface area contributed by atoms with Gasteiger partial charge in [0.1, 0.15) is 0 Å². The highest BCUT2D eigenvalue weighted by atomic mass is 16.3. The van der Waals surface area contributed by atoms with Gasteiger partial charge in [-0.1, -0.05) is 97.1 Å². The Labute approximate surface area is 227 Å². The molecule has 4 aromatic carbocycles. The van der Waals surface area contributed by atoms with Gasteiger partial charge in [0.2, 0.25) is 0 Å². The van der Waals surface area contributed by atoms with Gasteiger partial charge in [-0.3, -0.25) is 9.59 Å². The molecule has 6 nitrogen and oxygen atoms in total. The van der Waals surface area contributed by atoms with E-state index < -0.39 is 11.4 Å². The van der Waals surface area contributed by atoms with Crippen LogP contribution >= 0.6 is 0 Å². The van der Waals surface area contributed by atoms with Gasteiger partial charge >= 0.3 is 0 Å². The van der Waals surface area contributed by atoms with Crippen molar-refractivity contribution in [1.29, 1.82) is 0 Å². The van der Waals surface area contributed by atoms with Gasteiger partial charge in [0.25, 0.3) is 11.8 Å². The van der Waals surface area contributed by atoms with Crippen molar-refractivity contribution >= 4 is 11.8 Å². The highest BCUT2D eigenvalue weighted by Crippen LogP contribution is 2.42. The topological polar surface area (TPSA) is 81.1 Å². The Morgan fingerprint density at radius 2 is 0.872 bits per heavy atom. The van der Waals surface area contributed by atoms with Gasteiger partial charge in [-0.2, -0.15) is 0 Å². The highest BCUT2D eigenvalue weighted by Gasteiger charge is 2.50. The second-order valence-corrected chi connectivity index (χ2v) is 10.3. The van der Waals surface area contributed by atoms with Crippen LogP contribution in [0.15, 0.2) is 109 Å². The third kappa shape index (κ3) is 4.22. The monoisotopic (exact) mass is 518 g/mol. The minimum Gasteiger partial charge on any atom is -0.366 e. The van der Waals surface area contributed by atoms with Crippen LogP contribution in [0, 0.1) is 0 Å². The number of carbonyl (C=O) groups excluding carboxylic acids is 2. The summed E-state index contributed by atoms with van der Waals surface area (Å²) in [5, 5.41) is 24.0. The van der Waals surface area contributed by atoms with Crippen LogP contribution in [-0.2, 0) is 24.3 Å². The summed E-state index contributed by atoms with van der Waals surface area (Å²) in [6, 6.07) is 33.6. The molecule has 0 bridgehead atoms. The van der Waals surface area contributed by atoms with Crippen LogP contribution < -0.4 is 0 Å². The summed E-state index contributed by atoms with van der Waals surface area (Å²) in [6.45, 7) is 0.441. The van der Waals surface area contributed by atoms with Gasteiger partial charge in [0.05, 0.1) is 0 Å². The lowest BCUT2D eigenvalue weighted by Gasteiger charge is -2.37. The number of rotatable bonds is 8. The number of carbonyl (C=O) groups is 2. The fourth-order valence-corrected chi connectivity index (χ4v) is 6.06. The molecule has 2 heterocycles. The van der Waals surface area contributed by atoms with Gasteiger partial charge in [0.15, 0.2) is 11.4 Å². The van der Waals surface area contributed by atoms with Crippen molar-refractivity contribution in [3.05, 3.63) is 143 Å². The van der Waals surface area contributed by atoms with Crippen LogP contribution in [0.2, 0.25) is 0 Å². The first-order chi connectivity index (χ1) is 18.9. The third-order valence-corrected chi connectivity index (χ3v) is 7.91. The first-order valence-corrected chi connectivity index (χ1v) is 13.3. The number of hydrogen-bond acceptors (Lipinski definition) is 4. The molecule has 39 heavy (non-hydrogen) atoms. The lowest BCUT2D eigenvalue weighted by atomic mass is 9.94. The maximum Gasteiger partial charge on any atom is 0.256 e. The van der Waals surface area contributed by atoms with Crippen molar-refractivity contribution < 1.29 is 19.8 Å². The molecular weight excluding hydrogens is 488 g/mol. The van der Waals surface area contributed by atoms with Gasteiger partial charge in [-0.15, -0.1) is 0 Å². The van der Waals surface area contributed by atoms with Crippen molar-refractivity contribution in [2.75, 3.05) is 13.1 Å². The standard InChI is InChI=1S/C33H30N2O4/c36-30-26-16-7-9-18-28(26)32(38,22-24-12-3-1-4-13-24)34(30)20-11-21-35-31(37)27-17-8-10-19-29(27)33(35,39)23-25-14-5-2-6-15-25/h1-10,12-19,38-39H,11,20-23H2/t32-,33-/m0/s1. The molecule has 0 aromatic heterocycles. The Morgan fingerprint density at radius 3 is 1.28 bits per heavy atom. The minimum atomic E-state index is -1.51. The van der Waals surface area contributed by atoms with Crippen molar-refractivity contribution in [1.82, 2.24) is 9.80 Å². The van der Waals surface area contributed by atoms with Crippen molar-refractivity contribution in [2.45, 2.75) is 30.7 Å². The van der Waals surface area contributed by atoms with Crippen molar-refractivity contribution in [3.8, 4) is 0 Å². The molecule has 0 saturated heterocycles. The van der Waals surface area contributed by atoms with E-state index in [9.17, 15) is 19.8 Å². The van der Waals surface area contributed by atoms with E-state index in [4.69, 9.17) is 0 Å². The van der Waals surface area contributed by atoms with E-state index in [2.05, 4.69) is 0 Å². The molecule has 2 aliphatic heterocycles. The quantitative estimate of drug-likeness (QED) is 0.361. The van der Waals surface area contributed by atoms with Gasteiger partial charge in [-0.05, 0) is 29.7 Å². The predicted molar refractivity (Wildman–Crippen MR) is 148 cm³/mol. The molecular formula is C33H30N2O4. The molecule has 4 aromatic rings. The van der Waals surface area contributed by atoms with Crippen LogP contribution in [0.3, 0.4) is 0 Å². The van der Waals surface area contributed by atoms with Gasteiger partial charge in [-0.25, -0.2) is 0 Å². The summed E-state index contributed by atoms with van der Waals surface area (Å²) in [5.41, 5.74) is 0.963. The maximum atomic E-state index is 13.5. The fraction of sp³-hybridized carbons (Fsp3) is 0.212. The van der Waals surface area contributed by atoms with Crippen LogP contribution in [0.4, 0.5) is 0 Å². The number of aliphatic hydroxyl groups is 2. The molecule has 2 aliphatic rings. The van der Waals surface area contributed by atoms with Gasteiger partial charge in [0, 0.05) is 48.2 Å². The Balaban J connectivity index is 1.26. The Hall–Kier alpha value is -4.26. The minimum absolute atomic E-state index is 0.221. The van der Waals surface area contributed by atoms with E-state index in [1.807, 2.05) is 72.8 Å². The number of hydrogen-bond donors (Lipinski definition) is 2. The summed E-state index contributed by atoms with van der Waals surface area (Å²) >= 11 is 0. The van der Waals surface area contributed by atoms with Crippen LogP contribution in [0.1, 0.15) is 49.4 Å². The first kappa shape index (κ1) is 25.0. The zero-order valence-corrected chi connectivity index (χ0v) is 21.5. The van der Waals surface area contributed by atoms with Crippen molar-refractivity contribution in [3.63, 3.8) is 0 Å². The molecule has 196 valence electrons. The Bertz CT molecular complexity index is 1410. The zero-order valence-electron chi connectivity index (χ0n) is 21.5. The van der Waals surface area contributed by atoms with Crippen LogP contribution in [0.5, 0.6) is 0 Å². The molecule has 2 N–H and O–H groups in total. The molecule has 0 spiro atoms. The Morgan fingerprint density at radius 1 is 0.513 bits per heavy atom. The summed E-state index contributed by atoms with van der Waals surface area (Å²) in [5.74, 6) is -0.473. The lowest BCUT2D eigenvalue weighted by Crippen LogP contribution is -2.49. The number of amides is 2. The average Bonchev–Trinajstić information content (AvgIpc) is 3.30. The molecule has 2 amide bonds. The van der Waals surface area contributed by atoms with E-state index in [0.717, 1.165) is 11.1 Å². The number of benzene rings is 4. The second-order valence-electron chi connectivity index (χ2n) is 10.3. The molecule has 6 heteroatoms. The van der Waals surface area contributed by atoms with E-state index in [0.29, 0.717) is 28.7 Å². The van der Waals surface area contributed by atoms with Crippen LogP contribution in [-0.4, -0.2) is 44.9 Å². The van der Waals surface area contributed by atoms with Crippen LogP contribution in [0.25, 0.3) is 0 Å². The average molecular weight is 519 g/mol. The summed E-state index contributed by atoms with van der Waals surface area (Å²) < 4.78 is 0. The van der Waals surface area contributed by atoms with E-state index in [-0.39, 0.29) is 37.7 Å². The lowest BCUT2D eigenvalue weighted by molar-refractivity contribution is -0.0949. The normalized spacial score (nSPS) is 21.8. The summed E-state index contributed by atoms with van der Waals surface area (Å²) in [4.78, 5) is 30.0. The van der Waals surface area contributed by atoms with E-state index in [1.165, 1.54) is 9.80 Å². The van der Waals surface area contributed by atoms with Crippen molar-refractivity contribution in [2.24, 2.45) is 0 Å². The van der Waals surface area contributed by atoms with E-state index >= 15 is 0 Å². The van der Waals surface area contributed by atoms with Gasteiger partial charge < -0.3 is 20.0 Å². The SMILES string of the molecule is O=C1c2ccccc2[C@@](O)(Cc2ccccc2)N1CCCN1C(=O)c2ccccc2[C@@]1(O)Cc1ccccc1. The molecule has 0 unspecified atom stereocenters. The largest absolute Gasteiger partial charge is 0.366 e. The molecule has 0 saturated carbocycles. The molecule has 0 fully saturated rings. The third-order valence-electron chi connectivity index (χ3n) is 7.91. The summed E-state index contributed by atoms with van der Waals surface area (Å²) in [6.07, 6.45) is 0.888.